The number of rotatable bonds is 5. The molecule has 0 radical (unpaired) electrons. The zero-order chi connectivity index (χ0) is 14.4. The number of aromatic carboxylic acids is 1. The smallest absolute Gasteiger partial charge is 0.356 e. The molecule has 2 rings (SSSR count). The molecule has 0 spiro atoms. The van der Waals surface area contributed by atoms with Gasteiger partial charge in [0, 0.05) is 26.1 Å². The molecule has 0 bridgehead atoms. The van der Waals surface area contributed by atoms with Crippen LogP contribution < -0.4 is 5.32 Å². The van der Waals surface area contributed by atoms with E-state index in [1.54, 1.807) is 0 Å². The SMILES string of the molecule is O=C(O)c1cnc(NCCC(=O)N2CCCCC2)cn1. The van der Waals surface area contributed by atoms with E-state index in [2.05, 4.69) is 15.3 Å². The maximum Gasteiger partial charge on any atom is 0.356 e. The zero-order valence-corrected chi connectivity index (χ0v) is 11.2. The second kappa shape index (κ2) is 6.83. The predicted molar refractivity (Wildman–Crippen MR) is 72.5 cm³/mol. The van der Waals surface area contributed by atoms with Crippen LogP contribution in [0, 0.1) is 0 Å². The Labute approximate surface area is 117 Å². The summed E-state index contributed by atoms with van der Waals surface area (Å²) in [5.41, 5.74) is -0.0973. The number of carbonyl (C=O) groups is 2. The average molecular weight is 278 g/mol. The van der Waals surface area contributed by atoms with Crippen molar-refractivity contribution in [1.82, 2.24) is 14.9 Å². The van der Waals surface area contributed by atoms with E-state index in [1.165, 1.54) is 18.8 Å². The Morgan fingerprint density at radius 3 is 2.55 bits per heavy atom. The van der Waals surface area contributed by atoms with Crippen molar-refractivity contribution in [2.75, 3.05) is 25.0 Å². The average Bonchev–Trinajstić information content (AvgIpc) is 2.48. The van der Waals surface area contributed by atoms with Crippen molar-refractivity contribution in [2.24, 2.45) is 0 Å². The van der Waals surface area contributed by atoms with E-state index in [0.29, 0.717) is 18.8 Å². The number of amides is 1. The fraction of sp³-hybridized carbons (Fsp3) is 0.538. The predicted octanol–water partition coefficient (Wildman–Crippen LogP) is 0.989. The highest BCUT2D eigenvalue weighted by molar-refractivity contribution is 5.84. The molecule has 2 N–H and O–H groups in total. The lowest BCUT2D eigenvalue weighted by molar-refractivity contribution is -0.131. The largest absolute Gasteiger partial charge is 0.476 e. The lowest BCUT2D eigenvalue weighted by atomic mass is 10.1. The summed E-state index contributed by atoms with van der Waals surface area (Å²) in [6.07, 6.45) is 6.32. The van der Waals surface area contributed by atoms with Crippen LogP contribution in [0.4, 0.5) is 5.82 Å². The molecule has 0 aliphatic carbocycles. The van der Waals surface area contributed by atoms with Crippen molar-refractivity contribution in [2.45, 2.75) is 25.7 Å². The number of nitrogens with one attached hydrogen (secondary N) is 1. The van der Waals surface area contributed by atoms with Crippen LogP contribution in [0.25, 0.3) is 0 Å². The van der Waals surface area contributed by atoms with Gasteiger partial charge in [0.05, 0.1) is 12.4 Å². The summed E-state index contributed by atoms with van der Waals surface area (Å²) in [6, 6.07) is 0. The monoisotopic (exact) mass is 278 g/mol. The molecule has 1 aromatic heterocycles. The van der Waals surface area contributed by atoms with Crippen molar-refractivity contribution < 1.29 is 14.7 Å². The van der Waals surface area contributed by atoms with Crippen molar-refractivity contribution in [3.63, 3.8) is 0 Å². The van der Waals surface area contributed by atoms with E-state index < -0.39 is 5.97 Å². The molecule has 0 saturated carbocycles. The lowest BCUT2D eigenvalue weighted by Gasteiger charge is -2.26. The summed E-state index contributed by atoms with van der Waals surface area (Å²) in [7, 11) is 0. The molecule has 1 aromatic rings. The summed E-state index contributed by atoms with van der Waals surface area (Å²) in [6.45, 7) is 2.17. The van der Waals surface area contributed by atoms with Crippen LogP contribution >= 0.6 is 0 Å². The van der Waals surface area contributed by atoms with Crippen LogP contribution in [0.5, 0.6) is 0 Å². The molecule has 0 atom stereocenters. The Hall–Kier alpha value is -2.18. The van der Waals surface area contributed by atoms with Gasteiger partial charge < -0.3 is 15.3 Å². The molecule has 7 heteroatoms. The second-order valence-electron chi connectivity index (χ2n) is 4.71. The first kappa shape index (κ1) is 14.2. The van der Waals surface area contributed by atoms with Crippen LogP contribution in [-0.4, -0.2) is 51.5 Å². The van der Waals surface area contributed by atoms with Crippen molar-refractivity contribution in [3.05, 3.63) is 18.1 Å². The topological polar surface area (TPSA) is 95.4 Å². The first-order valence-corrected chi connectivity index (χ1v) is 6.74. The van der Waals surface area contributed by atoms with Gasteiger partial charge in [-0.05, 0) is 19.3 Å². The molecule has 1 amide bonds. The lowest BCUT2D eigenvalue weighted by Crippen LogP contribution is -2.36. The highest BCUT2D eigenvalue weighted by atomic mass is 16.4. The summed E-state index contributed by atoms with van der Waals surface area (Å²) in [4.78, 5) is 32.1. The van der Waals surface area contributed by atoms with E-state index in [9.17, 15) is 9.59 Å². The van der Waals surface area contributed by atoms with E-state index in [4.69, 9.17) is 5.11 Å². The molecule has 0 aromatic carbocycles. The number of carboxylic acid groups (broad SMARTS) is 1. The quantitative estimate of drug-likeness (QED) is 0.834. The van der Waals surface area contributed by atoms with E-state index >= 15 is 0 Å². The summed E-state index contributed by atoms with van der Waals surface area (Å²) >= 11 is 0. The van der Waals surface area contributed by atoms with E-state index in [1.807, 2.05) is 4.90 Å². The Morgan fingerprint density at radius 2 is 1.95 bits per heavy atom. The van der Waals surface area contributed by atoms with Crippen LogP contribution in [-0.2, 0) is 4.79 Å². The highest BCUT2D eigenvalue weighted by Gasteiger charge is 2.15. The Balaban J connectivity index is 1.74. The van der Waals surface area contributed by atoms with Gasteiger partial charge in [-0.15, -0.1) is 0 Å². The normalized spacial score (nSPS) is 14.9. The van der Waals surface area contributed by atoms with Gasteiger partial charge in [0.1, 0.15) is 5.82 Å². The Morgan fingerprint density at radius 1 is 1.20 bits per heavy atom. The minimum absolute atomic E-state index is 0.0973. The van der Waals surface area contributed by atoms with E-state index in [-0.39, 0.29) is 11.6 Å². The van der Waals surface area contributed by atoms with Gasteiger partial charge >= 0.3 is 5.97 Å². The minimum Gasteiger partial charge on any atom is -0.476 e. The third-order valence-corrected chi connectivity index (χ3v) is 3.22. The van der Waals surface area contributed by atoms with Crippen LogP contribution in [0.1, 0.15) is 36.2 Å². The standard InChI is InChI=1S/C13H18N4O3/c18-12(17-6-2-1-3-7-17)4-5-14-11-9-15-10(8-16-11)13(19)20/h8-9H,1-7H2,(H,14,16)(H,19,20). The van der Waals surface area contributed by atoms with Gasteiger partial charge in [0.2, 0.25) is 5.91 Å². The maximum atomic E-state index is 11.9. The molecule has 20 heavy (non-hydrogen) atoms. The van der Waals surface area contributed by atoms with Crippen molar-refractivity contribution >= 4 is 17.7 Å². The van der Waals surface area contributed by atoms with Gasteiger partial charge in [0.15, 0.2) is 5.69 Å². The molecule has 0 unspecified atom stereocenters. The molecule has 2 heterocycles. The molecule has 1 saturated heterocycles. The van der Waals surface area contributed by atoms with Crippen molar-refractivity contribution in [1.29, 1.82) is 0 Å². The Bertz CT molecular complexity index is 469. The third-order valence-electron chi connectivity index (χ3n) is 3.22. The summed E-state index contributed by atoms with van der Waals surface area (Å²) in [5.74, 6) is -0.488. The first-order chi connectivity index (χ1) is 9.66. The summed E-state index contributed by atoms with van der Waals surface area (Å²) in [5, 5.41) is 11.7. The molecule has 7 nitrogen and oxygen atoms in total. The number of piperidine rings is 1. The number of likely N-dealkylation sites (tertiary alicyclic amines) is 1. The minimum atomic E-state index is -1.11. The van der Waals surface area contributed by atoms with Gasteiger partial charge in [-0.1, -0.05) is 0 Å². The van der Waals surface area contributed by atoms with Crippen molar-refractivity contribution in [3.8, 4) is 0 Å². The fourth-order valence-electron chi connectivity index (χ4n) is 2.13. The molecule has 108 valence electrons. The number of hydrogen-bond donors (Lipinski definition) is 2. The third kappa shape index (κ3) is 3.91. The Kier molecular flexibility index (Phi) is 4.86. The molecule has 1 aliphatic heterocycles. The first-order valence-electron chi connectivity index (χ1n) is 6.74. The van der Waals surface area contributed by atoms with Gasteiger partial charge in [-0.3, -0.25) is 4.79 Å². The number of aromatic nitrogens is 2. The molecular weight excluding hydrogens is 260 g/mol. The highest BCUT2D eigenvalue weighted by Crippen LogP contribution is 2.10. The van der Waals surface area contributed by atoms with Crippen LogP contribution in [0.3, 0.4) is 0 Å². The zero-order valence-electron chi connectivity index (χ0n) is 11.2. The van der Waals surface area contributed by atoms with Crippen LogP contribution in [0.2, 0.25) is 0 Å². The molecular formula is C13H18N4O3. The molecule has 1 aliphatic rings. The summed E-state index contributed by atoms with van der Waals surface area (Å²) < 4.78 is 0. The van der Waals surface area contributed by atoms with Gasteiger partial charge in [-0.25, -0.2) is 14.8 Å². The number of carboxylic acids is 1. The number of hydrogen-bond acceptors (Lipinski definition) is 5. The fourth-order valence-corrected chi connectivity index (χ4v) is 2.13. The molecule has 1 fully saturated rings. The maximum absolute atomic E-state index is 11.9. The second-order valence-corrected chi connectivity index (χ2v) is 4.71. The number of nitrogens with zero attached hydrogens (tertiary/aromatic N) is 3. The number of anilines is 1. The number of carbonyl (C=O) groups excluding carboxylic acids is 1. The van der Waals surface area contributed by atoms with Gasteiger partial charge in [-0.2, -0.15) is 0 Å². The van der Waals surface area contributed by atoms with Gasteiger partial charge in [0.25, 0.3) is 0 Å². The van der Waals surface area contributed by atoms with Crippen LogP contribution in [0.15, 0.2) is 12.4 Å². The van der Waals surface area contributed by atoms with E-state index in [0.717, 1.165) is 25.9 Å².